The minimum atomic E-state index is -0.585. The quantitative estimate of drug-likeness (QED) is 0.298. The van der Waals surface area contributed by atoms with Crippen LogP contribution in [0.25, 0.3) is 11.6 Å². The van der Waals surface area contributed by atoms with Crippen molar-refractivity contribution in [3.63, 3.8) is 0 Å². The zero-order valence-corrected chi connectivity index (χ0v) is 28.1. The number of urea groups is 1. The number of amides is 2. The standard InChI is InChI=1S/C35H39N8O4S/c1-4-24(23-11-7-15-41(23)2)46-33-27-32(43(34(44)42(27)3)18-20-9-8-16-45-19-20)38-31(39-33)28-21-10-5-13-35(29(21)40-47-28)14-6-12-25-26(35)22(17-36)30(37)48-25/h1,18,20,23-24H,5-16,19,37H2,2-3H3/q+1/b43-18-/t20?,23-,24-,35-/m0/s1. The molecule has 2 aliphatic carbocycles. The van der Waals surface area contributed by atoms with E-state index >= 15 is 0 Å². The lowest BCUT2D eigenvalue weighted by Gasteiger charge is -2.39. The molecular weight excluding hydrogens is 629 g/mol. The van der Waals surface area contributed by atoms with Gasteiger partial charge in [0.25, 0.3) is 11.7 Å². The molecule has 0 saturated carbocycles. The summed E-state index contributed by atoms with van der Waals surface area (Å²) in [4.78, 5) is 28.7. The van der Waals surface area contributed by atoms with E-state index in [1.165, 1.54) is 16.2 Å². The maximum Gasteiger partial charge on any atom is 0.448 e. The van der Waals surface area contributed by atoms with Gasteiger partial charge < -0.3 is 19.7 Å². The summed E-state index contributed by atoms with van der Waals surface area (Å²) in [6.45, 7) is 2.19. The first-order valence-corrected chi connectivity index (χ1v) is 17.7. The molecule has 2 fully saturated rings. The van der Waals surface area contributed by atoms with Gasteiger partial charge in [-0.2, -0.15) is 14.8 Å². The Bertz CT molecular complexity index is 1910. The van der Waals surface area contributed by atoms with Gasteiger partial charge in [0.1, 0.15) is 11.1 Å². The topological polar surface area (TPSA) is 147 Å². The van der Waals surface area contributed by atoms with E-state index in [0.29, 0.717) is 34.4 Å². The summed E-state index contributed by atoms with van der Waals surface area (Å²) in [6, 6.07) is 2.15. The predicted molar refractivity (Wildman–Crippen MR) is 180 cm³/mol. The van der Waals surface area contributed by atoms with E-state index in [2.05, 4.69) is 16.9 Å². The molecule has 0 aromatic carbocycles. The molecule has 3 aromatic heterocycles. The van der Waals surface area contributed by atoms with E-state index in [1.807, 2.05) is 13.3 Å². The number of carbonyl (C=O) groups excluding carboxylic acids is 1. The molecule has 248 valence electrons. The Kier molecular flexibility index (Phi) is 7.74. The van der Waals surface area contributed by atoms with E-state index in [4.69, 9.17) is 41.3 Å². The van der Waals surface area contributed by atoms with Crippen molar-refractivity contribution in [3.05, 3.63) is 27.3 Å². The number of hydrogen-bond acceptors (Lipinski definition) is 11. The Labute approximate surface area is 283 Å². The zero-order chi connectivity index (χ0) is 33.2. The number of nitrogen functional groups attached to an aromatic ring is 1. The fourth-order valence-electron chi connectivity index (χ4n) is 8.54. The minimum Gasteiger partial charge on any atom is -0.457 e. The number of ether oxygens (including phenoxy) is 2. The minimum absolute atomic E-state index is 0.0132. The van der Waals surface area contributed by atoms with Crippen molar-refractivity contribution in [1.29, 1.82) is 5.26 Å². The van der Waals surface area contributed by atoms with E-state index < -0.39 is 11.5 Å². The molecule has 2 N–H and O–H groups in total. The molecule has 1 unspecified atom stereocenters. The molecule has 3 aromatic rings. The molecular formula is C35H39N8O4S+. The number of anilines is 2. The monoisotopic (exact) mass is 667 g/mol. The number of likely N-dealkylation sites (N-methyl/N-ethyl adjacent to an activating group) is 1. The second-order valence-electron chi connectivity index (χ2n) is 13.6. The first-order valence-electron chi connectivity index (χ1n) is 16.9. The molecule has 12 nitrogen and oxygen atoms in total. The average Bonchev–Trinajstić information content (AvgIpc) is 3.86. The lowest BCUT2D eigenvalue weighted by molar-refractivity contribution is -0.324. The highest BCUT2D eigenvalue weighted by Crippen LogP contribution is 2.55. The number of nitriles is 1. The van der Waals surface area contributed by atoms with Crippen molar-refractivity contribution in [2.45, 2.75) is 81.8 Å². The summed E-state index contributed by atoms with van der Waals surface area (Å²) in [5.41, 5.74) is 9.70. The van der Waals surface area contributed by atoms with Crippen LogP contribution in [0.15, 0.2) is 4.52 Å². The van der Waals surface area contributed by atoms with Gasteiger partial charge in [-0.25, -0.2) is 9.69 Å². The summed E-state index contributed by atoms with van der Waals surface area (Å²) in [5, 5.41) is 15.4. The molecule has 13 heteroatoms. The molecule has 8 rings (SSSR count). The number of likely N-dealkylation sites (tertiary alicyclic amines) is 1. The number of aromatic nitrogens is 3. The van der Waals surface area contributed by atoms with Crippen LogP contribution in [-0.2, 0) is 23.0 Å². The first-order chi connectivity index (χ1) is 23.3. The summed E-state index contributed by atoms with van der Waals surface area (Å²) < 4.78 is 20.1. The Morgan fingerprint density at radius 1 is 1.21 bits per heavy atom. The fourth-order valence-corrected chi connectivity index (χ4v) is 9.70. The second kappa shape index (κ2) is 12.0. The van der Waals surface area contributed by atoms with Crippen molar-refractivity contribution in [3.8, 4) is 35.9 Å². The van der Waals surface area contributed by atoms with Gasteiger partial charge in [0.2, 0.25) is 11.4 Å². The maximum atomic E-state index is 13.8. The van der Waals surface area contributed by atoms with Crippen LogP contribution in [0.1, 0.15) is 78.6 Å². The number of nitrogens with two attached hydrogens (primary N) is 1. The van der Waals surface area contributed by atoms with Gasteiger partial charge in [-0.15, -0.1) is 17.8 Å². The second-order valence-corrected chi connectivity index (χ2v) is 14.8. The number of fused-ring (bicyclic) bond motifs is 5. The number of aryl methyl sites for hydroxylation is 1. The van der Waals surface area contributed by atoms with Gasteiger partial charge >= 0.3 is 11.8 Å². The molecule has 5 aliphatic rings. The third kappa shape index (κ3) is 4.74. The van der Waals surface area contributed by atoms with E-state index in [0.717, 1.165) is 99.1 Å². The SMILES string of the molecule is C#C[C@H](Oc1nc(-c2onc3c2CCC[C@@]32CCCc3sc(N)c(C#N)c32)nc2c1N(C)C(=O)/[N+]2=C\C1CCCOC1)[C@@H]1CCCN1C. The third-order valence-electron chi connectivity index (χ3n) is 10.9. The molecule has 0 radical (unpaired) electrons. The van der Waals surface area contributed by atoms with Crippen molar-refractivity contribution >= 4 is 40.1 Å². The van der Waals surface area contributed by atoms with Crippen molar-refractivity contribution in [2.24, 2.45) is 5.92 Å². The average molecular weight is 668 g/mol. The largest absolute Gasteiger partial charge is 0.457 e. The van der Waals surface area contributed by atoms with E-state index in [-0.39, 0.29) is 29.7 Å². The lowest BCUT2D eigenvalue weighted by Crippen LogP contribution is -2.39. The van der Waals surface area contributed by atoms with Crippen LogP contribution in [0.2, 0.25) is 0 Å². The Morgan fingerprint density at radius 2 is 2.04 bits per heavy atom. The summed E-state index contributed by atoms with van der Waals surface area (Å²) >= 11 is 1.52. The van der Waals surface area contributed by atoms with Gasteiger partial charge in [-0.05, 0) is 83.4 Å². The van der Waals surface area contributed by atoms with Crippen LogP contribution in [0, 0.1) is 29.6 Å². The van der Waals surface area contributed by atoms with Gasteiger partial charge in [-0.3, -0.25) is 4.90 Å². The van der Waals surface area contributed by atoms with Crippen LogP contribution in [0.4, 0.5) is 21.3 Å². The lowest BCUT2D eigenvalue weighted by atomic mass is 9.62. The van der Waals surface area contributed by atoms with Crippen molar-refractivity contribution in [1.82, 2.24) is 20.0 Å². The predicted octanol–water partition coefficient (Wildman–Crippen LogP) is 4.79. The number of rotatable bonds is 5. The Morgan fingerprint density at radius 3 is 2.77 bits per heavy atom. The third-order valence-corrected chi connectivity index (χ3v) is 11.9. The normalized spacial score (nSPS) is 26.6. The molecule has 1 spiro atoms. The molecule has 0 bridgehead atoms. The van der Waals surface area contributed by atoms with Crippen LogP contribution in [-0.4, -0.2) is 82.8 Å². The Hall–Kier alpha value is -4.30. The van der Waals surface area contributed by atoms with E-state index in [9.17, 15) is 10.1 Å². The number of nitrogens with zero attached hydrogens (tertiary/aromatic N) is 7. The van der Waals surface area contributed by atoms with E-state index in [1.54, 1.807) is 11.6 Å². The Balaban J connectivity index is 1.28. The number of terminal acetylenes is 1. The van der Waals surface area contributed by atoms with Crippen molar-refractivity contribution in [2.75, 3.05) is 44.5 Å². The van der Waals surface area contributed by atoms with Gasteiger partial charge in [0, 0.05) is 28.4 Å². The van der Waals surface area contributed by atoms with Gasteiger partial charge in [-0.1, -0.05) is 16.1 Å². The maximum absolute atomic E-state index is 13.8. The number of thiophene rings is 1. The summed E-state index contributed by atoms with van der Waals surface area (Å²) in [6.07, 6.45) is 16.3. The van der Waals surface area contributed by atoms with Crippen molar-refractivity contribution < 1.29 is 23.4 Å². The molecule has 48 heavy (non-hydrogen) atoms. The smallest absolute Gasteiger partial charge is 0.448 e. The highest BCUT2D eigenvalue weighted by molar-refractivity contribution is 7.16. The molecule has 3 aliphatic heterocycles. The fraction of sp³-hybridized carbons (Fsp3) is 0.543. The highest BCUT2D eigenvalue weighted by atomic mass is 32.1. The van der Waals surface area contributed by atoms with Crippen LogP contribution >= 0.6 is 11.3 Å². The van der Waals surface area contributed by atoms with Crippen LogP contribution < -0.4 is 15.4 Å². The molecule has 6 heterocycles. The van der Waals surface area contributed by atoms with Crippen LogP contribution in [0.3, 0.4) is 0 Å². The highest BCUT2D eigenvalue weighted by Gasteiger charge is 2.50. The van der Waals surface area contributed by atoms with Gasteiger partial charge in [0.15, 0.2) is 6.10 Å². The summed E-state index contributed by atoms with van der Waals surface area (Å²) in [5.74, 6) is 4.28. The molecule has 2 saturated heterocycles. The number of carbonyl (C=O) groups is 1. The van der Waals surface area contributed by atoms with Crippen LogP contribution in [0.5, 0.6) is 5.88 Å². The number of hydrogen-bond donors (Lipinski definition) is 1. The zero-order valence-electron chi connectivity index (χ0n) is 27.3. The van der Waals surface area contributed by atoms with Gasteiger partial charge in [0.05, 0.1) is 37.2 Å². The first kappa shape index (κ1) is 31.0. The summed E-state index contributed by atoms with van der Waals surface area (Å²) in [7, 11) is 3.75. The molecule has 2 amide bonds. The molecule has 4 atom stereocenters.